The van der Waals surface area contributed by atoms with Crippen LogP contribution in [0.2, 0.25) is 0 Å². The van der Waals surface area contributed by atoms with Crippen molar-refractivity contribution < 1.29 is 4.39 Å². The molecule has 17 heavy (non-hydrogen) atoms. The molecule has 0 aliphatic carbocycles. The Bertz CT molecular complexity index is 464. The Hall–Kier alpha value is -1.75. The Labute approximate surface area is 99.5 Å². The van der Waals surface area contributed by atoms with Gasteiger partial charge in [-0.2, -0.15) is 5.10 Å². The fraction of sp³-hybridized carbons (Fsp3) is 0.333. The second-order valence-electron chi connectivity index (χ2n) is 3.69. The van der Waals surface area contributed by atoms with Crippen molar-refractivity contribution in [3.8, 4) is 5.82 Å². The molecule has 90 valence electrons. The van der Waals surface area contributed by atoms with E-state index < -0.39 is 0 Å². The first kappa shape index (κ1) is 11.7. The standard InChI is InChI=1S/C12H15FN4/c1-2-14-7-5-11-6-8-17(16-11)12-4-3-10(13)9-15-12/h3-4,6,8-9,14H,2,5,7H2,1H3. The number of pyridine rings is 1. The van der Waals surface area contributed by atoms with Gasteiger partial charge >= 0.3 is 0 Å². The summed E-state index contributed by atoms with van der Waals surface area (Å²) in [6.45, 7) is 3.94. The minimum absolute atomic E-state index is 0.340. The van der Waals surface area contributed by atoms with Crippen LogP contribution < -0.4 is 5.32 Å². The van der Waals surface area contributed by atoms with Crippen molar-refractivity contribution in [2.75, 3.05) is 13.1 Å². The second kappa shape index (κ2) is 5.54. The van der Waals surface area contributed by atoms with Gasteiger partial charge in [-0.05, 0) is 24.7 Å². The van der Waals surface area contributed by atoms with Gasteiger partial charge < -0.3 is 5.32 Å². The Balaban J connectivity index is 2.04. The van der Waals surface area contributed by atoms with E-state index in [1.165, 1.54) is 12.3 Å². The van der Waals surface area contributed by atoms with Gasteiger partial charge in [0.05, 0.1) is 11.9 Å². The van der Waals surface area contributed by atoms with Crippen LogP contribution in [0, 0.1) is 5.82 Å². The Morgan fingerprint density at radius 2 is 2.24 bits per heavy atom. The fourth-order valence-corrected chi connectivity index (χ4v) is 1.52. The van der Waals surface area contributed by atoms with Crippen molar-refractivity contribution in [2.45, 2.75) is 13.3 Å². The van der Waals surface area contributed by atoms with Crippen molar-refractivity contribution in [3.05, 3.63) is 42.1 Å². The lowest BCUT2D eigenvalue weighted by Gasteiger charge is -2.00. The lowest BCUT2D eigenvalue weighted by atomic mass is 10.3. The fourth-order valence-electron chi connectivity index (χ4n) is 1.52. The molecule has 0 aliphatic heterocycles. The molecule has 0 atom stereocenters. The summed E-state index contributed by atoms with van der Waals surface area (Å²) in [6, 6.07) is 4.93. The number of halogens is 1. The predicted molar refractivity (Wildman–Crippen MR) is 63.6 cm³/mol. The smallest absolute Gasteiger partial charge is 0.153 e. The van der Waals surface area contributed by atoms with E-state index in [4.69, 9.17) is 0 Å². The molecule has 5 heteroatoms. The summed E-state index contributed by atoms with van der Waals surface area (Å²) in [7, 11) is 0. The molecule has 0 aromatic carbocycles. The van der Waals surface area contributed by atoms with Crippen molar-refractivity contribution in [1.29, 1.82) is 0 Å². The molecule has 0 unspecified atom stereocenters. The summed E-state index contributed by atoms with van der Waals surface area (Å²) in [5, 5.41) is 7.61. The van der Waals surface area contributed by atoms with E-state index in [-0.39, 0.29) is 5.82 Å². The van der Waals surface area contributed by atoms with Crippen LogP contribution in [-0.4, -0.2) is 27.9 Å². The quantitative estimate of drug-likeness (QED) is 0.798. The number of likely N-dealkylation sites (N-methyl/N-ethyl adjacent to an activating group) is 1. The Kier molecular flexibility index (Phi) is 3.82. The summed E-state index contributed by atoms with van der Waals surface area (Å²) in [4.78, 5) is 3.97. The van der Waals surface area contributed by atoms with Crippen LogP contribution in [-0.2, 0) is 6.42 Å². The molecule has 0 amide bonds. The number of hydrogen-bond donors (Lipinski definition) is 1. The third kappa shape index (κ3) is 3.10. The van der Waals surface area contributed by atoms with Gasteiger partial charge in [-0.3, -0.25) is 0 Å². The van der Waals surface area contributed by atoms with Crippen LogP contribution >= 0.6 is 0 Å². The first-order valence-corrected chi connectivity index (χ1v) is 5.67. The minimum atomic E-state index is -0.340. The number of rotatable bonds is 5. The number of nitrogens with one attached hydrogen (secondary N) is 1. The van der Waals surface area contributed by atoms with Gasteiger partial charge in [0.2, 0.25) is 0 Å². The zero-order valence-corrected chi connectivity index (χ0v) is 9.73. The average Bonchev–Trinajstić information content (AvgIpc) is 2.79. The zero-order valence-electron chi connectivity index (χ0n) is 9.73. The molecule has 4 nitrogen and oxygen atoms in total. The van der Waals surface area contributed by atoms with Crippen LogP contribution in [0.5, 0.6) is 0 Å². The molecule has 2 aromatic rings. The zero-order chi connectivity index (χ0) is 12.1. The highest BCUT2D eigenvalue weighted by molar-refractivity contribution is 5.21. The highest BCUT2D eigenvalue weighted by Crippen LogP contribution is 2.05. The Morgan fingerprint density at radius 3 is 2.94 bits per heavy atom. The normalized spacial score (nSPS) is 10.7. The molecular weight excluding hydrogens is 219 g/mol. The second-order valence-corrected chi connectivity index (χ2v) is 3.69. The summed E-state index contributed by atoms with van der Waals surface area (Å²) in [5.41, 5.74) is 0.997. The molecular formula is C12H15FN4. The lowest BCUT2D eigenvalue weighted by molar-refractivity contribution is 0.619. The van der Waals surface area contributed by atoms with Crippen molar-refractivity contribution in [2.24, 2.45) is 0 Å². The maximum atomic E-state index is 12.7. The molecule has 0 saturated heterocycles. The Morgan fingerprint density at radius 1 is 1.35 bits per heavy atom. The highest BCUT2D eigenvalue weighted by atomic mass is 19.1. The van der Waals surface area contributed by atoms with Crippen LogP contribution in [0.3, 0.4) is 0 Å². The highest BCUT2D eigenvalue weighted by Gasteiger charge is 2.02. The SMILES string of the molecule is CCNCCc1ccn(-c2ccc(F)cn2)n1. The van der Waals surface area contributed by atoms with Gasteiger partial charge in [-0.1, -0.05) is 6.92 Å². The van der Waals surface area contributed by atoms with E-state index in [1.807, 2.05) is 12.3 Å². The third-order valence-corrected chi connectivity index (χ3v) is 2.40. The minimum Gasteiger partial charge on any atom is -0.317 e. The monoisotopic (exact) mass is 234 g/mol. The van der Waals surface area contributed by atoms with Crippen molar-refractivity contribution in [1.82, 2.24) is 20.1 Å². The van der Waals surface area contributed by atoms with Gasteiger partial charge in [0, 0.05) is 19.2 Å². The van der Waals surface area contributed by atoms with Crippen LogP contribution in [0.4, 0.5) is 4.39 Å². The van der Waals surface area contributed by atoms with Crippen LogP contribution in [0.25, 0.3) is 5.82 Å². The van der Waals surface area contributed by atoms with E-state index in [0.29, 0.717) is 5.82 Å². The number of aromatic nitrogens is 3. The van der Waals surface area contributed by atoms with Crippen molar-refractivity contribution in [3.63, 3.8) is 0 Å². The number of hydrogen-bond acceptors (Lipinski definition) is 3. The van der Waals surface area contributed by atoms with Gasteiger partial charge in [0.25, 0.3) is 0 Å². The largest absolute Gasteiger partial charge is 0.317 e. The molecule has 0 aliphatic rings. The van der Waals surface area contributed by atoms with E-state index in [1.54, 1.807) is 10.7 Å². The first-order chi connectivity index (χ1) is 8.29. The van der Waals surface area contributed by atoms with Crippen LogP contribution in [0.15, 0.2) is 30.6 Å². The summed E-state index contributed by atoms with van der Waals surface area (Å²) in [6.07, 6.45) is 3.90. The van der Waals surface area contributed by atoms with Gasteiger partial charge in [-0.15, -0.1) is 0 Å². The van der Waals surface area contributed by atoms with E-state index in [9.17, 15) is 4.39 Å². The van der Waals surface area contributed by atoms with E-state index in [0.717, 1.165) is 25.2 Å². The first-order valence-electron chi connectivity index (χ1n) is 5.67. The predicted octanol–water partition coefficient (Wildman–Crippen LogP) is 1.56. The molecule has 2 aromatic heterocycles. The maximum Gasteiger partial charge on any atom is 0.153 e. The molecule has 1 N–H and O–H groups in total. The molecule has 0 fully saturated rings. The molecule has 0 radical (unpaired) electrons. The van der Waals surface area contributed by atoms with Gasteiger partial charge in [0.1, 0.15) is 5.82 Å². The summed E-state index contributed by atoms with van der Waals surface area (Å²) in [5.74, 6) is 0.286. The molecule has 0 saturated carbocycles. The van der Waals surface area contributed by atoms with Gasteiger partial charge in [0.15, 0.2) is 5.82 Å². The lowest BCUT2D eigenvalue weighted by Crippen LogP contribution is -2.16. The molecule has 0 bridgehead atoms. The topological polar surface area (TPSA) is 42.7 Å². The van der Waals surface area contributed by atoms with Crippen molar-refractivity contribution >= 4 is 0 Å². The number of nitrogens with zero attached hydrogens (tertiary/aromatic N) is 3. The molecule has 2 heterocycles. The van der Waals surface area contributed by atoms with E-state index >= 15 is 0 Å². The molecule has 0 spiro atoms. The summed E-state index contributed by atoms with van der Waals surface area (Å²) < 4.78 is 14.4. The maximum absolute atomic E-state index is 12.7. The molecule has 2 rings (SSSR count). The van der Waals surface area contributed by atoms with Crippen LogP contribution in [0.1, 0.15) is 12.6 Å². The summed E-state index contributed by atoms with van der Waals surface area (Å²) >= 11 is 0. The van der Waals surface area contributed by atoms with E-state index in [2.05, 4.69) is 22.3 Å². The third-order valence-electron chi connectivity index (χ3n) is 2.40. The average molecular weight is 234 g/mol. The van der Waals surface area contributed by atoms with Gasteiger partial charge in [-0.25, -0.2) is 14.1 Å².